The number of hydrogen-bond acceptors (Lipinski definition) is 4. The van der Waals surface area contributed by atoms with Gasteiger partial charge in [0.1, 0.15) is 0 Å². The summed E-state index contributed by atoms with van der Waals surface area (Å²) in [6.45, 7) is 12.3. The van der Waals surface area contributed by atoms with Gasteiger partial charge in [-0.3, -0.25) is 4.90 Å². The zero-order chi connectivity index (χ0) is 19.3. The maximum Gasteiger partial charge on any atom is 0.0900 e. The summed E-state index contributed by atoms with van der Waals surface area (Å²) in [4.78, 5) is 4.79. The van der Waals surface area contributed by atoms with Gasteiger partial charge in [0.15, 0.2) is 0 Å². The Morgan fingerprint density at radius 3 is 2.18 bits per heavy atom. The summed E-state index contributed by atoms with van der Waals surface area (Å²) in [5.74, 6) is 0.809. The molecule has 1 aliphatic carbocycles. The summed E-state index contributed by atoms with van der Waals surface area (Å²) in [7, 11) is 0. The van der Waals surface area contributed by atoms with Gasteiger partial charge in [0, 0.05) is 38.4 Å². The predicted octanol–water partition coefficient (Wildman–Crippen LogP) is 4.21. The lowest BCUT2D eigenvalue weighted by Gasteiger charge is -2.38. The van der Waals surface area contributed by atoms with E-state index in [2.05, 4.69) is 60.9 Å². The number of rotatable bonds is 6. The van der Waals surface area contributed by atoms with Crippen molar-refractivity contribution in [1.29, 1.82) is 0 Å². The van der Waals surface area contributed by atoms with Gasteiger partial charge >= 0.3 is 0 Å². The Labute approximate surface area is 177 Å². The number of aliphatic hydroxyl groups is 1. The van der Waals surface area contributed by atoms with Crippen molar-refractivity contribution in [2.24, 2.45) is 11.3 Å². The van der Waals surface area contributed by atoms with Gasteiger partial charge in [-0.15, -0.1) is 12.4 Å². The van der Waals surface area contributed by atoms with Crippen LogP contribution in [-0.2, 0) is 4.74 Å². The Morgan fingerprint density at radius 2 is 1.61 bits per heavy atom. The van der Waals surface area contributed by atoms with Gasteiger partial charge in [0.2, 0.25) is 0 Å². The Balaban J connectivity index is 0.00000280. The average Bonchev–Trinajstić information content (AvgIpc) is 2.67. The van der Waals surface area contributed by atoms with Gasteiger partial charge in [-0.2, -0.15) is 0 Å². The van der Waals surface area contributed by atoms with E-state index in [-0.39, 0.29) is 18.5 Å². The monoisotopic (exact) mass is 410 g/mol. The highest BCUT2D eigenvalue weighted by atomic mass is 35.5. The van der Waals surface area contributed by atoms with Crippen LogP contribution in [-0.4, -0.2) is 61.5 Å². The van der Waals surface area contributed by atoms with Crippen molar-refractivity contribution in [2.45, 2.75) is 58.7 Å². The van der Waals surface area contributed by atoms with E-state index in [9.17, 15) is 5.11 Å². The SMILES string of the molecule is CC(C)(C)C1CCC(OCC(O)CN2CCN(c3ccccc3)CC2)CC1.Cl. The number of benzene rings is 1. The number of ether oxygens (including phenoxy) is 1. The zero-order valence-electron chi connectivity index (χ0n) is 17.8. The molecule has 1 aromatic rings. The molecule has 5 heteroatoms. The summed E-state index contributed by atoms with van der Waals surface area (Å²) in [5.41, 5.74) is 1.71. The largest absolute Gasteiger partial charge is 0.389 e. The third kappa shape index (κ3) is 6.91. The van der Waals surface area contributed by atoms with Gasteiger partial charge in [0.05, 0.1) is 18.8 Å². The smallest absolute Gasteiger partial charge is 0.0900 e. The molecule has 28 heavy (non-hydrogen) atoms. The van der Waals surface area contributed by atoms with Crippen molar-refractivity contribution < 1.29 is 9.84 Å². The minimum Gasteiger partial charge on any atom is -0.389 e. The fourth-order valence-corrected chi connectivity index (χ4v) is 4.52. The molecule has 1 atom stereocenters. The normalized spacial score (nSPS) is 25.2. The lowest BCUT2D eigenvalue weighted by molar-refractivity contribution is -0.0446. The Hall–Kier alpha value is -0.810. The van der Waals surface area contributed by atoms with Crippen LogP contribution in [0.2, 0.25) is 0 Å². The average molecular weight is 411 g/mol. The molecule has 0 aromatic heterocycles. The maximum atomic E-state index is 10.4. The maximum absolute atomic E-state index is 10.4. The van der Waals surface area contributed by atoms with Gasteiger partial charge < -0.3 is 14.7 Å². The van der Waals surface area contributed by atoms with Crippen LogP contribution < -0.4 is 4.90 Å². The van der Waals surface area contributed by atoms with Crippen LogP contribution in [0.4, 0.5) is 5.69 Å². The van der Waals surface area contributed by atoms with Crippen LogP contribution in [0.15, 0.2) is 30.3 Å². The molecule has 0 radical (unpaired) electrons. The molecule has 1 aliphatic heterocycles. The quantitative estimate of drug-likeness (QED) is 0.761. The Bertz CT molecular complexity index is 547. The molecule has 1 saturated heterocycles. The number of anilines is 1. The van der Waals surface area contributed by atoms with E-state index in [1.165, 1.54) is 18.5 Å². The lowest BCUT2D eigenvalue weighted by Crippen LogP contribution is -2.49. The highest BCUT2D eigenvalue weighted by molar-refractivity contribution is 5.85. The molecule has 1 saturated carbocycles. The number of hydrogen-bond donors (Lipinski definition) is 1. The molecule has 2 fully saturated rings. The molecule has 0 bridgehead atoms. The van der Waals surface area contributed by atoms with Crippen LogP contribution in [0.1, 0.15) is 46.5 Å². The van der Waals surface area contributed by atoms with Crippen molar-refractivity contribution in [3.8, 4) is 0 Å². The summed E-state index contributed by atoms with van der Waals surface area (Å²) in [5, 5.41) is 10.4. The van der Waals surface area contributed by atoms with E-state index in [0.717, 1.165) is 51.5 Å². The van der Waals surface area contributed by atoms with Crippen LogP contribution >= 0.6 is 12.4 Å². The minimum absolute atomic E-state index is 0. The summed E-state index contributed by atoms with van der Waals surface area (Å²) >= 11 is 0. The van der Waals surface area contributed by atoms with Crippen molar-refractivity contribution in [3.05, 3.63) is 30.3 Å². The predicted molar refractivity (Wildman–Crippen MR) is 120 cm³/mol. The first kappa shape index (κ1) is 23.5. The van der Waals surface area contributed by atoms with Gasteiger partial charge in [-0.1, -0.05) is 39.0 Å². The molecule has 4 nitrogen and oxygen atoms in total. The van der Waals surface area contributed by atoms with Crippen LogP contribution in [0.3, 0.4) is 0 Å². The summed E-state index contributed by atoms with van der Waals surface area (Å²) < 4.78 is 6.05. The second-order valence-corrected chi connectivity index (χ2v) is 9.45. The molecule has 1 unspecified atom stereocenters. The molecule has 1 heterocycles. The van der Waals surface area contributed by atoms with Crippen LogP contribution in [0.5, 0.6) is 0 Å². The summed E-state index contributed by atoms with van der Waals surface area (Å²) in [6.07, 6.45) is 4.76. The third-order valence-corrected chi connectivity index (χ3v) is 6.39. The molecular formula is C23H39ClN2O2. The van der Waals surface area contributed by atoms with Gasteiger partial charge in [0.25, 0.3) is 0 Å². The fourth-order valence-electron chi connectivity index (χ4n) is 4.52. The van der Waals surface area contributed by atoms with E-state index in [1.54, 1.807) is 0 Å². The van der Waals surface area contributed by atoms with Crippen molar-refractivity contribution in [2.75, 3.05) is 44.2 Å². The molecule has 0 amide bonds. The second-order valence-electron chi connectivity index (χ2n) is 9.45. The highest BCUT2D eigenvalue weighted by Crippen LogP contribution is 2.38. The lowest BCUT2D eigenvalue weighted by atomic mass is 9.72. The van der Waals surface area contributed by atoms with Crippen molar-refractivity contribution in [3.63, 3.8) is 0 Å². The minimum atomic E-state index is -0.381. The number of nitrogens with zero attached hydrogens (tertiary/aromatic N) is 2. The van der Waals surface area contributed by atoms with E-state index >= 15 is 0 Å². The first-order valence-electron chi connectivity index (χ1n) is 10.7. The summed E-state index contributed by atoms with van der Waals surface area (Å²) in [6, 6.07) is 10.6. The van der Waals surface area contributed by atoms with Gasteiger partial charge in [-0.05, 0) is 49.1 Å². The molecule has 160 valence electrons. The third-order valence-electron chi connectivity index (χ3n) is 6.39. The van der Waals surface area contributed by atoms with E-state index in [4.69, 9.17) is 4.74 Å². The second kappa shape index (κ2) is 10.8. The van der Waals surface area contributed by atoms with E-state index in [0.29, 0.717) is 18.1 Å². The van der Waals surface area contributed by atoms with E-state index < -0.39 is 0 Å². The molecular weight excluding hydrogens is 372 g/mol. The first-order chi connectivity index (χ1) is 12.9. The molecule has 1 aromatic carbocycles. The number of β-amino-alcohol motifs (C(OH)–C–C–N with tert-alkyl or cyclic N) is 1. The van der Waals surface area contributed by atoms with Crippen molar-refractivity contribution >= 4 is 18.1 Å². The highest BCUT2D eigenvalue weighted by Gasteiger charge is 2.30. The Morgan fingerprint density at radius 1 is 1.00 bits per heavy atom. The number of aliphatic hydroxyl groups excluding tert-OH is 1. The molecule has 1 N–H and O–H groups in total. The van der Waals surface area contributed by atoms with E-state index in [1.807, 2.05) is 0 Å². The standard InChI is InChI=1S/C23H38N2O2.ClH/c1-23(2,3)19-9-11-22(12-10-19)27-18-21(26)17-24-13-15-25(16-14-24)20-7-5-4-6-8-20;/h4-8,19,21-22,26H,9-18H2,1-3H3;1H. The molecule has 2 aliphatic rings. The van der Waals surface area contributed by atoms with Crippen molar-refractivity contribution in [1.82, 2.24) is 4.90 Å². The molecule has 3 rings (SSSR count). The number of halogens is 1. The topological polar surface area (TPSA) is 35.9 Å². The fraction of sp³-hybridized carbons (Fsp3) is 0.739. The number of para-hydroxylation sites is 1. The zero-order valence-corrected chi connectivity index (χ0v) is 18.7. The van der Waals surface area contributed by atoms with Crippen LogP contribution in [0, 0.1) is 11.3 Å². The van der Waals surface area contributed by atoms with Gasteiger partial charge in [-0.25, -0.2) is 0 Å². The van der Waals surface area contributed by atoms with Crippen LogP contribution in [0.25, 0.3) is 0 Å². The first-order valence-corrected chi connectivity index (χ1v) is 10.7. The molecule has 0 spiro atoms. The Kier molecular flexibility index (Phi) is 9.07. The number of piperazine rings is 1.